The molecule has 1 fully saturated rings. The zero-order chi connectivity index (χ0) is 11.3. The Kier molecular flexibility index (Phi) is 5.05. The van der Waals surface area contributed by atoms with Gasteiger partial charge in [-0.3, -0.25) is 4.79 Å². The van der Waals surface area contributed by atoms with Gasteiger partial charge in [0.1, 0.15) is 0 Å². The Bertz CT molecular complexity index is 202. The Morgan fingerprint density at radius 1 is 1.67 bits per heavy atom. The van der Waals surface area contributed by atoms with Crippen LogP contribution < -0.4 is 11.1 Å². The van der Waals surface area contributed by atoms with E-state index in [9.17, 15) is 4.79 Å². The molecule has 1 rings (SSSR count). The number of likely N-dealkylation sites (N-methyl/N-ethyl adjacent to an activating group) is 1. The lowest BCUT2D eigenvalue weighted by atomic mass is 10.1. The van der Waals surface area contributed by atoms with Crippen LogP contribution in [0, 0.1) is 5.92 Å². The van der Waals surface area contributed by atoms with Gasteiger partial charge in [-0.2, -0.15) is 0 Å². The third-order valence-corrected chi connectivity index (χ3v) is 3.11. The highest BCUT2D eigenvalue weighted by Gasteiger charge is 2.19. The molecule has 0 saturated carbocycles. The van der Waals surface area contributed by atoms with E-state index in [0.717, 1.165) is 26.2 Å². The molecule has 1 saturated heterocycles. The minimum absolute atomic E-state index is 0.0497. The Morgan fingerprint density at radius 2 is 2.40 bits per heavy atom. The normalized spacial score (nSPS) is 23.3. The molecular formula is C11H23N3O. The molecule has 0 bridgehead atoms. The maximum Gasteiger partial charge on any atom is 0.221 e. The van der Waals surface area contributed by atoms with Gasteiger partial charge in [0.15, 0.2) is 0 Å². The summed E-state index contributed by atoms with van der Waals surface area (Å²) in [4.78, 5) is 13.3. The molecule has 3 N–H and O–H groups in total. The van der Waals surface area contributed by atoms with Gasteiger partial charge >= 0.3 is 0 Å². The van der Waals surface area contributed by atoms with Crippen molar-refractivity contribution in [1.29, 1.82) is 0 Å². The summed E-state index contributed by atoms with van der Waals surface area (Å²) < 4.78 is 0. The van der Waals surface area contributed by atoms with E-state index < -0.39 is 0 Å². The van der Waals surface area contributed by atoms with Crippen LogP contribution in [0.2, 0.25) is 0 Å². The molecule has 4 heteroatoms. The van der Waals surface area contributed by atoms with Crippen LogP contribution in [0.1, 0.15) is 26.7 Å². The van der Waals surface area contributed by atoms with Crippen molar-refractivity contribution in [1.82, 2.24) is 10.2 Å². The monoisotopic (exact) mass is 213 g/mol. The van der Waals surface area contributed by atoms with Crippen LogP contribution in [0.15, 0.2) is 0 Å². The molecule has 1 heterocycles. The quantitative estimate of drug-likeness (QED) is 0.662. The Labute approximate surface area is 92.2 Å². The lowest BCUT2D eigenvalue weighted by Gasteiger charge is -2.25. The molecule has 1 aliphatic rings. The van der Waals surface area contributed by atoms with Crippen LogP contribution >= 0.6 is 0 Å². The standard InChI is InChI=1S/C11H23N3O/c1-3-14(7-9(2)11(12)15)8-10-5-4-6-13-10/h9-10,13H,3-8H2,1-2H3,(H2,12,15). The lowest BCUT2D eigenvalue weighted by molar-refractivity contribution is -0.121. The van der Waals surface area contributed by atoms with Crippen LogP contribution in [-0.2, 0) is 4.79 Å². The number of rotatable bonds is 6. The summed E-state index contributed by atoms with van der Waals surface area (Å²) in [6, 6.07) is 0.602. The maximum atomic E-state index is 11.0. The smallest absolute Gasteiger partial charge is 0.221 e. The van der Waals surface area contributed by atoms with E-state index in [2.05, 4.69) is 17.1 Å². The van der Waals surface area contributed by atoms with Crippen LogP contribution in [0.3, 0.4) is 0 Å². The van der Waals surface area contributed by atoms with Gasteiger partial charge in [0, 0.05) is 25.0 Å². The molecule has 4 nitrogen and oxygen atoms in total. The van der Waals surface area contributed by atoms with E-state index in [1.165, 1.54) is 12.8 Å². The molecule has 2 unspecified atom stereocenters. The average molecular weight is 213 g/mol. The zero-order valence-corrected chi connectivity index (χ0v) is 9.83. The van der Waals surface area contributed by atoms with E-state index >= 15 is 0 Å². The summed E-state index contributed by atoms with van der Waals surface area (Å²) in [6.07, 6.45) is 2.52. The van der Waals surface area contributed by atoms with E-state index in [-0.39, 0.29) is 11.8 Å². The SMILES string of the molecule is CCN(CC1CCCN1)CC(C)C(N)=O. The number of amides is 1. The summed E-state index contributed by atoms with van der Waals surface area (Å²) in [5, 5.41) is 3.47. The van der Waals surface area contributed by atoms with Crippen LogP contribution in [0.5, 0.6) is 0 Å². The molecule has 88 valence electrons. The topological polar surface area (TPSA) is 58.4 Å². The second-order valence-electron chi connectivity index (χ2n) is 4.45. The molecule has 0 aromatic heterocycles. The zero-order valence-electron chi connectivity index (χ0n) is 9.83. The highest BCUT2D eigenvalue weighted by molar-refractivity contribution is 5.76. The van der Waals surface area contributed by atoms with Crippen molar-refractivity contribution in [2.45, 2.75) is 32.7 Å². The van der Waals surface area contributed by atoms with Crippen molar-refractivity contribution >= 4 is 5.91 Å². The van der Waals surface area contributed by atoms with Crippen LogP contribution in [0.25, 0.3) is 0 Å². The number of carbonyl (C=O) groups is 1. The second-order valence-corrected chi connectivity index (χ2v) is 4.45. The summed E-state index contributed by atoms with van der Waals surface area (Å²) in [7, 11) is 0. The van der Waals surface area contributed by atoms with Gasteiger partial charge in [-0.15, -0.1) is 0 Å². The van der Waals surface area contributed by atoms with Crippen molar-refractivity contribution in [2.75, 3.05) is 26.2 Å². The molecule has 0 radical (unpaired) electrons. The highest BCUT2D eigenvalue weighted by atomic mass is 16.1. The number of hydrogen-bond donors (Lipinski definition) is 2. The second kappa shape index (κ2) is 6.08. The van der Waals surface area contributed by atoms with Crippen molar-refractivity contribution in [2.24, 2.45) is 11.7 Å². The molecule has 15 heavy (non-hydrogen) atoms. The molecule has 2 atom stereocenters. The number of primary amides is 1. The molecule has 0 aromatic carbocycles. The third-order valence-electron chi connectivity index (χ3n) is 3.11. The lowest BCUT2D eigenvalue weighted by Crippen LogP contribution is -2.41. The number of nitrogens with one attached hydrogen (secondary N) is 1. The molecular weight excluding hydrogens is 190 g/mol. The first-order chi connectivity index (χ1) is 7.13. The number of carbonyl (C=O) groups excluding carboxylic acids is 1. The fraction of sp³-hybridized carbons (Fsp3) is 0.909. The first-order valence-corrected chi connectivity index (χ1v) is 5.88. The van der Waals surface area contributed by atoms with Gasteiger partial charge < -0.3 is 16.0 Å². The van der Waals surface area contributed by atoms with Crippen molar-refractivity contribution in [3.63, 3.8) is 0 Å². The molecule has 0 spiro atoms. The van der Waals surface area contributed by atoms with E-state index in [4.69, 9.17) is 5.73 Å². The maximum absolute atomic E-state index is 11.0. The summed E-state index contributed by atoms with van der Waals surface area (Å²) in [5.41, 5.74) is 5.27. The average Bonchev–Trinajstić information content (AvgIpc) is 2.69. The largest absolute Gasteiger partial charge is 0.369 e. The van der Waals surface area contributed by atoms with Gasteiger partial charge in [-0.25, -0.2) is 0 Å². The van der Waals surface area contributed by atoms with E-state index in [1.807, 2.05) is 6.92 Å². The summed E-state index contributed by atoms with van der Waals surface area (Å²) in [6.45, 7) is 7.96. The van der Waals surface area contributed by atoms with Gasteiger partial charge in [0.2, 0.25) is 5.91 Å². The van der Waals surface area contributed by atoms with E-state index in [1.54, 1.807) is 0 Å². The Morgan fingerprint density at radius 3 is 2.87 bits per heavy atom. The molecule has 1 amide bonds. The predicted octanol–water partition coefficient (Wildman–Crippen LogP) is 0.182. The van der Waals surface area contributed by atoms with Gasteiger partial charge in [0.25, 0.3) is 0 Å². The van der Waals surface area contributed by atoms with Crippen molar-refractivity contribution in [3.8, 4) is 0 Å². The van der Waals surface area contributed by atoms with Gasteiger partial charge in [0.05, 0.1) is 0 Å². The first kappa shape index (κ1) is 12.5. The van der Waals surface area contributed by atoms with Gasteiger partial charge in [-0.05, 0) is 25.9 Å². The highest BCUT2D eigenvalue weighted by Crippen LogP contribution is 2.08. The third kappa shape index (κ3) is 4.18. The Balaban J connectivity index is 2.31. The minimum Gasteiger partial charge on any atom is -0.369 e. The summed E-state index contributed by atoms with van der Waals surface area (Å²) >= 11 is 0. The fourth-order valence-corrected chi connectivity index (χ4v) is 2.03. The summed E-state index contributed by atoms with van der Waals surface area (Å²) in [5.74, 6) is -0.251. The number of nitrogens with zero attached hydrogens (tertiary/aromatic N) is 1. The minimum atomic E-state index is -0.201. The van der Waals surface area contributed by atoms with Crippen LogP contribution in [-0.4, -0.2) is 43.0 Å². The van der Waals surface area contributed by atoms with Gasteiger partial charge in [-0.1, -0.05) is 13.8 Å². The number of hydrogen-bond acceptors (Lipinski definition) is 3. The van der Waals surface area contributed by atoms with E-state index in [0.29, 0.717) is 6.04 Å². The van der Waals surface area contributed by atoms with Crippen LogP contribution in [0.4, 0.5) is 0 Å². The number of nitrogens with two attached hydrogens (primary N) is 1. The fourth-order valence-electron chi connectivity index (χ4n) is 2.03. The van der Waals surface area contributed by atoms with Crippen molar-refractivity contribution in [3.05, 3.63) is 0 Å². The van der Waals surface area contributed by atoms with Crippen molar-refractivity contribution < 1.29 is 4.79 Å². The molecule has 0 aromatic rings. The molecule has 1 aliphatic heterocycles. The predicted molar refractivity (Wildman–Crippen MR) is 61.5 cm³/mol. The molecule has 0 aliphatic carbocycles. The Hall–Kier alpha value is -0.610. The first-order valence-electron chi connectivity index (χ1n) is 5.88.